The van der Waals surface area contributed by atoms with Crippen LogP contribution in [-0.4, -0.2) is 22.3 Å². The van der Waals surface area contributed by atoms with Gasteiger partial charge in [-0.05, 0) is 87.5 Å². The summed E-state index contributed by atoms with van der Waals surface area (Å²) in [5.41, 5.74) is 4.23. The lowest BCUT2D eigenvalue weighted by Crippen LogP contribution is -2.33. The van der Waals surface area contributed by atoms with Gasteiger partial charge in [0.25, 0.3) is 0 Å². The molecule has 0 heterocycles. The highest BCUT2D eigenvalue weighted by molar-refractivity contribution is 7.80. The smallest absolute Gasteiger partial charge is 0.170 e. The summed E-state index contributed by atoms with van der Waals surface area (Å²) < 4.78 is 0. The summed E-state index contributed by atoms with van der Waals surface area (Å²) in [5, 5.41) is 14.0. The molecule has 0 saturated heterocycles. The van der Waals surface area contributed by atoms with Crippen LogP contribution in [0.4, 0.5) is 11.4 Å². The van der Waals surface area contributed by atoms with E-state index < -0.39 is 0 Å². The van der Waals surface area contributed by atoms with Gasteiger partial charge in [0, 0.05) is 23.5 Å². The van der Waals surface area contributed by atoms with Gasteiger partial charge in [-0.25, -0.2) is 0 Å². The van der Waals surface area contributed by atoms with Gasteiger partial charge < -0.3 is 21.3 Å². The fourth-order valence-corrected chi connectivity index (χ4v) is 3.06. The Morgan fingerprint density at radius 3 is 1.19 bits per heavy atom. The van der Waals surface area contributed by atoms with Crippen molar-refractivity contribution >= 4 is 46.0 Å². The number of rotatable bonds is 5. The zero-order chi connectivity index (χ0) is 19.1. The summed E-state index contributed by atoms with van der Waals surface area (Å²) in [5.74, 6) is 0. The molecule has 0 radical (unpaired) electrons. The van der Waals surface area contributed by atoms with E-state index in [0.29, 0.717) is 22.3 Å². The Labute approximate surface area is 166 Å². The lowest BCUT2D eigenvalue weighted by atomic mass is 10.1. The number of nitrogens with one attached hydrogen (secondary N) is 4. The zero-order valence-corrected chi connectivity index (χ0v) is 17.2. The van der Waals surface area contributed by atoms with Crippen LogP contribution in [0.15, 0.2) is 48.5 Å². The van der Waals surface area contributed by atoms with E-state index in [2.05, 4.69) is 73.2 Å². The van der Waals surface area contributed by atoms with E-state index in [1.54, 1.807) is 0 Å². The van der Waals surface area contributed by atoms with Crippen LogP contribution in [0.3, 0.4) is 0 Å². The maximum absolute atomic E-state index is 5.27. The summed E-state index contributed by atoms with van der Waals surface area (Å²) in [6.07, 6.45) is 0. The maximum atomic E-state index is 5.27. The Hall–Kier alpha value is -2.18. The van der Waals surface area contributed by atoms with Crippen molar-refractivity contribution in [3.05, 3.63) is 48.5 Å². The average molecular weight is 387 g/mol. The Morgan fingerprint density at radius 1 is 0.615 bits per heavy atom. The first kappa shape index (κ1) is 20.1. The molecular weight excluding hydrogens is 360 g/mol. The van der Waals surface area contributed by atoms with Gasteiger partial charge in [-0.1, -0.05) is 24.3 Å². The maximum Gasteiger partial charge on any atom is 0.170 e. The van der Waals surface area contributed by atoms with E-state index in [0.717, 1.165) is 22.5 Å². The number of hydrogen-bond donors (Lipinski definition) is 4. The lowest BCUT2D eigenvalue weighted by Gasteiger charge is -2.14. The van der Waals surface area contributed by atoms with Crippen molar-refractivity contribution in [2.24, 2.45) is 0 Å². The van der Waals surface area contributed by atoms with Crippen molar-refractivity contribution in [1.29, 1.82) is 0 Å². The third-order valence-corrected chi connectivity index (χ3v) is 3.90. The molecule has 2 aromatic carbocycles. The molecular formula is C20H26N4S2. The molecule has 2 aromatic rings. The molecule has 0 atom stereocenters. The van der Waals surface area contributed by atoms with Gasteiger partial charge in [-0.3, -0.25) is 0 Å². The summed E-state index contributed by atoms with van der Waals surface area (Å²) >= 11 is 10.5. The van der Waals surface area contributed by atoms with Crippen LogP contribution in [0.2, 0.25) is 0 Å². The van der Waals surface area contributed by atoms with E-state index in [1.807, 2.05) is 24.3 Å². The number of anilines is 2. The van der Waals surface area contributed by atoms with Crippen LogP contribution in [0.1, 0.15) is 27.7 Å². The molecule has 0 bridgehead atoms. The standard InChI is InChI=1S/C20H26N4S2/c1-13(2)21-19(25)23-17-9-5-15(6-10-17)16-7-11-18(12-8-16)24-20(26)22-14(3)4/h5-14H,1-4H3,(H2,21,23,25)(H2,22,24,26). The van der Waals surface area contributed by atoms with Gasteiger partial charge in [0.15, 0.2) is 10.2 Å². The molecule has 4 N–H and O–H groups in total. The van der Waals surface area contributed by atoms with E-state index in [9.17, 15) is 0 Å². The predicted molar refractivity (Wildman–Crippen MR) is 121 cm³/mol. The monoisotopic (exact) mass is 386 g/mol. The van der Waals surface area contributed by atoms with Crippen molar-refractivity contribution in [2.45, 2.75) is 39.8 Å². The van der Waals surface area contributed by atoms with Crippen LogP contribution in [0, 0.1) is 0 Å². The molecule has 4 nitrogen and oxygen atoms in total. The first-order chi connectivity index (χ1) is 12.3. The van der Waals surface area contributed by atoms with Crippen LogP contribution in [0.5, 0.6) is 0 Å². The number of thiocarbonyl (C=S) groups is 2. The van der Waals surface area contributed by atoms with Gasteiger partial charge in [0.2, 0.25) is 0 Å². The summed E-state index contributed by atoms with van der Waals surface area (Å²) in [6, 6.07) is 17.0. The minimum absolute atomic E-state index is 0.310. The summed E-state index contributed by atoms with van der Waals surface area (Å²) in [7, 11) is 0. The topological polar surface area (TPSA) is 48.1 Å². The Morgan fingerprint density at radius 2 is 0.923 bits per heavy atom. The van der Waals surface area contributed by atoms with Crippen molar-refractivity contribution in [1.82, 2.24) is 10.6 Å². The van der Waals surface area contributed by atoms with Crippen LogP contribution in [-0.2, 0) is 0 Å². The van der Waals surface area contributed by atoms with E-state index in [-0.39, 0.29) is 0 Å². The highest BCUT2D eigenvalue weighted by atomic mass is 32.1. The SMILES string of the molecule is CC(C)NC(=S)Nc1ccc(-c2ccc(NC(=S)NC(C)C)cc2)cc1. The average Bonchev–Trinajstić information content (AvgIpc) is 2.54. The predicted octanol–water partition coefficient (Wildman–Crippen LogP) is 4.74. The van der Waals surface area contributed by atoms with Crippen molar-refractivity contribution < 1.29 is 0 Å². The minimum atomic E-state index is 0.310. The molecule has 0 spiro atoms. The van der Waals surface area contributed by atoms with E-state index in [4.69, 9.17) is 24.4 Å². The molecule has 0 amide bonds. The molecule has 0 unspecified atom stereocenters. The molecule has 0 saturated carbocycles. The van der Waals surface area contributed by atoms with Crippen LogP contribution >= 0.6 is 24.4 Å². The lowest BCUT2D eigenvalue weighted by molar-refractivity contribution is 0.739. The van der Waals surface area contributed by atoms with Crippen molar-refractivity contribution in [3.63, 3.8) is 0 Å². The van der Waals surface area contributed by atoms with Gasteiger partial charge in [-0.15, -0.1) is 0 Å². The fourth-order valence-electron chi connectivity index (χ4n) is 2.35. The highest BCUT2D eigenvalue weighted by Crippen LogP contribution is 2.23. The molecule has 6 heteroatoms. The minimum Gasteiger partial charge on any atom is -0.360 e. The molecule has 138 valence electrons. The molecule has 0 aliphatic carbocycles. The number of hydrogen-bond acceptors (Lipinski definition) is 2. The Kier molecular flexibility index (Phi) is 7.36. The van der Waals surface area contributed by atoms with Gasteiger partial charge in [0.1, 0.15) is 0 Å². The molecule has 0 aromatic heterocycles. The molecule has 0 aliphatic heterocycles. The quantitative estimate of drug-likeness (QED) is 0.557. The second-order valence-electron chi connectivity index (χ2n) is 6.66. The number of benzene rings is 2. The first-order valence-corrected chi connectivity index (χ1v) is 9.50. The first-order valence-electron chi connectivity index (χ1n) is 8.69. The molecule has 0 aliphatic rings. The van der Waals surface area contributed by atoms with Gasteiger partial charge in [0.05, 0.1) is 0 Å². The van der Waals surface area contributed by atoms with Gasteiger partial charge in [-0.2, -0.15) is 0 Å². The zero-order valence-electron chi connectivity index (χ0n) is 15.6. The Balaban J connectivity index is 1.98. The van der Waals surface area contributed by atoms with Crippen molar-refractivity contribution in [2.75, 3.05) is 10.6 Å². The molecule has 2 rings (SSSR count). The highest BCUT2D eigenvalue weighted by Gasteiger charge is 2.03. The third-order valence-electron chi connectivity index (χ3n) is 3.46. The normalized spacial score (nSPS) is 10.5. The molecule has 0 fully saturated rings. The van der Waals surface area contributed by atoms with E-state index >= 15 is 0 Å². The summed E-state index contributed by atoms with van der Waals surface area (Å²) in [6.45, 7) is 8.23. The third kappa shape index (κ3) is 6.61. The largest absolute Gasteiger partial charge is 0.360 e. The van der Waals surface area contributed by atoms with Crippen LogP contribution in [0.25, 0.3) is 11.1 Å². The fraction of sp³-hybridized carbons (Fsp3) is 0.300. The molecule has 26 heavy (non-hydrogen) atoms. The second kappa shape index (κ2) is 9.50. The van der Waals surface area contributed by atoms with Crippen LogP contribution < -0.4 is 21.3 Å². The Bertz CT molecular complexity index is 672. The van der Waals surface area contributed by atoms with E-state index in [1.165, 1.54) is 0 Å². The van der Waals surface area contributed by atoms with Gasteiger partial charge >= 0.3 is 0 Å². The second-order valence-corrected chi connectivity index (χ2v) is 7.48. The van der Waals surface area contributed by atoms with Crippen molar-refractivity contribution in [3.8, 4) is 11.1 Å². The summed E-state index contributed by atoms with van der Waals surface area (Å²) in [4.78, 5) is 0.